The highest BCUT2D eigenvalue weighted by molar-refractivity contribution is 5.48. The van der Waals surface area contributed by atoms with Crippen LogP contribution in [0.4, 0.5) is 0 Å². The van der Waals surface area contributed by atoms with Crippen molar-refractivity contribution in [3.05, 3.63) is 18.2 Å². The first-order valence-electron chi connectivity index (χ1n) is 7.32. The van der Waals surface area contributed by atoms with Crippen LogP contribution in [0.25, 0.3) is 0 Å². The monoisotopic (exact) mass is 266 g/mol. The molecule has 0 amide bonds. The third kappa shape index (κ3) is 5.86. The van der Waals surface area contributed by atoms with E-state index < -0.39 is 0 Å². The Morgan fingerprint density at radius 3 is 2.47 bits per heavy atom. The summed E-state index contributed by atoms with van der Waals surface area (Å²) in [6.07, 6.45) is 8.61. The molecular weight excluding hydrogens is 240 g/mol. The maximum atomic E-state index is 9.64. The van der Waals surface area contributed by atoms with E-state index in [4.69, 9.17) is 4.74 Å². The van der Waals surface area contributed by atoms with Crippen LogP contribution >= 0.6 is 0 Å². The number of phenols is 2. The lowest BCUT2D eigenvalue weighted by Crippen LogP contribution is -2.11. The van der Waals surface area contributed by atoms with Crippen molar-refractivity contribution in [2.45, 2.75) is 64.9 Å². The van der Waals surface area contributed by atoms with Crippen molar-refractivity contribution in [2.24, 2.45) is 0 Å². The molecule has 0 saturated carbocycles. The van der Waals surface area contributed by atoms with Crippen molar-refractivity contribution in [1.29, 1.82) is 0 Å². The maximum absolute atomic E-state index is 9.64. The van der Waals surface area contributed by atoms with Crippen molar-refractivity contribution >= 4 is 0 Å². The third-order valence-corrected chi connectivity index (χ3v) is 3.27. The zero-order valence-electron chi connectivity index (χ0n) is 12.1. The highest BCUT2D eigenvalue weighted by Crippen LogP contribution is 2.35. The summed E-state index contributed by atoms with van der Waals surface area (Å²) >= 11 is 0. The molecule has 1 atom stereocenters. The zero-order valence-corrected chi connectivity index (χ0v) is 12.1. The summed E-state index contributed by atoms with van der Waals surface area (Å²) < 4.78 is 5.64. The molecule has 19 heavy (non-hydrogen) atoms. The first-order valence-corrected chi connectivity index (χ1v) is 7.32. The molecule has 0 fully saturated rings. The molecule has 1 unspecified atom stereocenters. The number of phenolic OH excluding ortho intramolecular Hbond substituents is 2. The van der Waals surface area contributed by atoms with Crippen molar-refractivity contribution in [3.8, 4) is 17.2 Å². The highest BCUT2D eigenvalue weighted by Gasteiger charge is 2.10. The normalized spacial score (nSPS) is 12.3. The van der Waals surface area contributed by atoms with Gasteiger partial charge in [0.1, 0.15) is 0 Å². The van der Waals surface area contributed by atoms with Gasteiger partial charge in [-0.15, -0.1) is 0 Å². The first-order chi connectivity index (χ1) is 9.15. The third-order valence-electron chi connectivity index (χ3n) is 3.27. The standard InChI is InChI=1S/C16H26O3/c1-3-4-5-6-7-8-10-13(2)19-15-12-9-11-14(17)16(15)18/h9,11-13,17-18H,3-8,10H2,1-2H3. The molecule has 2 N–H and O–H groups in total. The summed E-state index contributed by atoms with van der Waals surface area (Å²) in [7, 11) is 0. The van der Waals surface area contributed by atoms with Gasteiger partial charge in [-0.25, -0.2) is 0 Å². The summed E-state index contributed by atoms with van der Waals surface area (Å²) in [6.45, 7) is 4.22. The zero-order chi connectivity index (χ0) is 14.1. The van der Waals surface area contributed by atoms with E-state index in [1.54, 1.807) is 12.1 Å². The largest absolute Gasteiger partial charge is 0.504 e. The molecule has 1 aromatic rings. The van der Waals surface area contributed by atoms with Crippen LogP contribution in [0, 0.1) is 0 Å². The summed E-state index contributed by atoms with van der Waals surface area (Å²) in [5.41, 5.74) is 0. The Bertz CT molecular complexity index is 363. The van der Waals surface area contributed by atoms with Gasteiger partial charge < -0.3 is 14.9 Å². The van der Waals surface area contributed by atoms with E-state index >= 15 is 0 Å². The molecule has 1 rings (SSSR count). The fraction of sp³-hybridized carbons (Fsp3) is 0.625. The van der Waals surface area contributed by atoms with Crippen LogP contribution in [0.2, 0.25) is 0 Å². The molecule has 0 aromatic heterocycles. The van der Waals surface area contributed by atoms with E-state index in [0.29, 0.717) is 5.75 Å². The molecule has 0 bridgehead atoms. The van der Waals surface area contributed by atoms with E-state index in [1.807, 2.05) is 6.92 Å². The minimum Gasteiger partial charge on any atom is -0.504 e. The number of hydrogen-bond acceptors (Lipinski definition) is 3. The SMILES string of the molecule is CCCCCCCCC(C)Oc1cccc(O)c1O. The van der Waals surface area contributed by atoms with E-state index in [2.05, 4.69) is 6.92 Å². The lowest BCUT2D eigenvalue weighted by atomic mass is 10.1. The van der Waals surface area contributed by atoms with Crippen LogP contribution < -0.4 is 4.74 Å². The van der Waals surface area contributed by atoms with Crippen LogP contribution in [0.3, 0.4) is 0 Å². The summed E-state index contributed by atoms with van der Waals surface area (Å²) in [6, 6.07) is 4.79. The lowest BCUT2D eigenvalue weighted by Gasteiger charge is -2.15. The minimum atomic E-state index is -0.169. The van der Waals surface area contributed by atoms with Crippen molar-refractivity contribution < 1.29 is 14.9 Å². The average molecular weight is 266 g/mol. The van der Waals surface area contributed by atoms with E-state index in [0.717, 1.165) is 12.8 Å². The van der Waals surface area contributed by atoms with Gasteiger partial charge in [0.2, 0.25) is 5.75 Å². The minimum absolute atomic E-state index is 0.0545. The predicted octanol–water partition coefficient (Wildman–Crippen LogP) is 4.62. The Kier molecular flexibility index (Phi) is 7.16. The van der Waals surface area contributed by atoms with Gasteiger partial charge in [-0.3, -0.25) is 0 Å². The van der Waals surface area contributed by atoms with Gasteiger partial charge >= 0.3 is 0 Å². The molecule has 108 valence electrons. The smallest absolute Gasteiger partial charge is 0.200 e. The first kappa shape index (κ1) is 15.7. The van der Waals surface area contributed by atoms with Gasteiger partial charge in [0.25, 0.3) is 0 Å². The molecule has 0 aliphatic rings. The Hall–Kier alpha value is -1.38. The Labute approximate surface area is 116 Å². The molecular formula is C16H26O3. The summed E-state index contributed by atoms with van der Waals surface area (Å²) in [5.74, 6) is 0.0556. The van der Waals surface area contributed by atoms with Gasteiger partial charge in [-0.1, -0.05) is 45.1 Å². The van der Waals surface area contributed by atoms with Crippen LogP contribution in [-0.4, -0.2) is 16.3 Å². The molecule has 0 spiro atoms. The van der Waals surface area contributed by atoms with Crippen molar-refractivity contribution in [1.82, 2.24) is 0 Å². The molecule has 0 aliphatic carbocycles. The molecule has 3 nitrogen and oxygen atoms in total. The second-order valence-corrected chi connectivity index (χ2v) is 5.11. The molecule has 3 heteroatoms. The molecule has 1 aromatic carbocycles. The van der Waals surface area contributed by atoms with Crippen LogP contribution in [0.15, 0.2) is 18.2 Å². The lowest BCUT2D eigenvalue weighted by molar-refractivity contribution is 0.197. The van der Waals surface area contributed by atoms with Gasteiger partial charge in [-0.2, -0.15) is 0 Å². The number of aromatic hydroxyl groups is 2. The van der Waals surface area contributed by atoms with Gasteiger partial charge in [-0.05, 0) is 31.9 Å². The van der Waals surface area contributed by atoms with Crippen molar-refractivity contribution in [2.75, 3.05) is 0 Å². The highest BCUT2D eigenvalue weighted by atomic mass is 16.5. The number of ether oxygens (including phenoxy) is 1. The number of para-hydroxylation sites is 1. The molecule has 0 saturated heterocycles. The predicted molar refractivity (Wildman–Crippen MR) is 77.9 cm³/mol. The number of unbranched alkanes of at least 4 members (excludes halogenated alkanes) is 5. The molecule has 0 aliphatic heterocycles. The average Bonchev–Trinajstić information content (AvgIpc) is 2.39. The fourth-order valence-electron chi connectivity index (χ4n) is 2.09. The van der Waals surface area contributed by atoms with Crippen LogP contribution in [0.1, 0.15) is 58.8 Å². The van der Waals surface area contributed by atoms with Gasteiger partial charge in [0, 0.05) is 0 Å². The number of benzene rings is 1. The van der Waals surface area contributed by atoms with E-state index in [9.17, 15) is 10.2 Å². The second kappa shape index (κ2) is 8.68. The Balaban J connectivity index is 2.23. The maximum Gasteiger partial charge on any atom is 0.200 e. The van der Waals surface area contributed by atoms with Crippen molar-refractivity contribution in [3.63, 3.8) is 0 Å². The summed E-state index contributed by atoms with van der Waals surface area (Å²) in [4.78, 5) is 0. The van der Waals surface area contributed by atoms with Crippen LogP contribution in [0.5, 0.6) is 17.2 Å². The summed E-state index contributed by atoms with van der Waals surface area (Å²) in [5, 5.41) is 19.0. The van der Waals surface area contributed by atoms with Gasteiger partial charge in [0.15, 0.2) is 11.5 Å². The topological polar surface area (TPSA) is 49.7 Å². The second-order valence-electron chi connectivity index (χ2n) is 5.11. The van der Waals surface area contributed by atoms with E-state index in [1.165, 1.54) is 38.2 Å². The molecule has 0 heterocycles. The quantitative estimate of drug-likeness (QED) is 0.506. The van der Waals surface area contributed by atoms with Crippen LogP contribution in [-0.2, 0) is 0 Å². The van der Waals surface area contributed by atoms with Gasteiger partial charge in [0.05, 0.1) is 6.10 Å². The number of rotatable bonds is 9. The van der Waals surface area contributed by atoms with E-state index in [-0.39, 0.29) is 17.6 Å². The molecule has 0 radical (unpaired) electrons. The Morgan fingerprint density at radius 2 is 1.74 bits per heavy atom. The fourth-order valence-corrected chi connectivity index (χ4v) is 2.09. The Morgan fingerprint density at radius 1 is 1.05 bits per heavy atom. The number of hydrogen-bond donors (Lipinski definition) is 2.